The number of hydrogen-bond acceptors (Lipinski definition) is 10. The fourth-order valence-electron chi connectivity index (χ4n) is 3.80. The molecule has 0 amide bonds. The van der Waals surface area contributed by atoms with Gasteiger partial charge in [0, 0.05) is 0 Å². The van der Waals surface area contributed by atoms with E-state index >= 15 is 0 Å². The second-order valence-electron chi connectivity index (χ2n) is 9.14. The molecule has 0 spiro atoms. The molecule has 0 aliphatic heterocycles. The Morgan fingerprint density at radius 2 is 1.24 bits per heavy atom. The van der Waals surface area contributed by atoms with Crippen molar-refractivity contribution in [2.45, 2.75) is 37.6 Å². The molecule has 3 aromatic rings. The predicted molar refractivity (Wildman–Crippen MR) is 150 cm³/mol. The van der Waals surface area contributed by atoms with E-state index in [0.29, 0.717) is 11.1 Å². The first kappa shape index (κ1) is 32.2. The second kappa shape index (κ2) is 15.0. The number of carbonyl (C=O) groups is 2. The molecule has 3 aromatic carbocycles. The van der Waals surface area contributed by atoms with E-state index < -0.39 is 54.3 Å². The molecule has 0 aliphatic carbocycles. The molecule has 0 bridgehead atoms. The quantitative estimate of drug-likeness (QED) is 0.132. The van der Waals surface area contributed by atoms with Gasteiger partial charge in [0.1, 0.15) is 0 Å². The van der Waals surface area contributed by atoms with Crippen LogP contribution in [0.1, 0.15) is 23.1 Å². The van der Waals surface area contributed by atoms with Crippen molar-refractivity contribution >= 4 is 29.7 Å². The minimum atomic E-state index is -4.43. The smallest absolute Gasteiger partial charge is 0.336 e. The molecule has 1 unspecified atom stereocenters. The Balaban J connectivity index is 1.87. The molecule has 0 aliphatic rings. The van der Waals surface area contributed by atoms with Gasteiger partial charge in [-0.1, -0.05) is 78.4 Å². The van der Waals surface area contributed by atoms with Gasteiger partial charge in [0.05, 0.1) is 44.4 Å². The van der Waals surface area contributed by atoms with E-state index in [4.69, 9.17) is 22.7 Å². The topological polar surface area (TPSA) is 132 Å². The highest BCUT2D eigenvalue weighted by atomic mass is 32.2. The average molecular weight is 605 g/mol. The molecule has 0 saturated heterocycles. The molecule has 0 heterocycles. The van der Waals surface area contributed by atoms with Gasteiger partial charge >= 0.3 is 19.5 Å². The van der Waals surface area contributed by atoms with E-state index in [1.165, 1.54) is 12.1 Å². The van der Waals surface area contributed by atoms with Gasteiger partial charge in [-0.25, -0.2) is 4.79 Å². The highest BCUT2D eigenvalue weighted by molar-refractivity contribution is 7.86. The van der Waals surface area contributed by atoms with Crippen molar-refractivity contribution in [2.75, 3.05) is 20.4 Å². The number of carbonyl (C=O) groups excluding carboxylic acids is 2. The van der Waals surface area contributed by atoms with Crippen LogP contribution in [0.3, 0.4) is 0 Å². The number of hydrogen-bond donors (Lipinski definition) is 0. The number of benzene rings is 3. The van der Waals surface area contributed by atoms with E-state index in [9.17, 15) is 22.6 Å². The van der Waals surface area contributed by atoms with Crippen molar-refractivity contribution in [1.29, 1.82) is 0 Å². The monoisotopic (exact) mass is 604 g/mol. The molecular formula is C29H33O10PS. The van der Waals surface area contributed by atoms with Crippen LogP contribution in [0.2, 0.25) is 0 Å². The molecule has 0 aromatic heterocycles. The Morgan fingerprint density at radius 1 is 0.756 bits per heavy atom. The van der Waals surface area contributed by atoms with Crippen molar-refractivity contribution in [2.24, 2.45) is 5.92 Å². The summed E-state index contributed by atoms with van der Waals surface area (Å²) in [6, 6.07) is 23.7. The SMILES string of the molecule is COC(=O)C(C[C@H](OS(=O)(=O)c1ccc(C)cc1)C(=O)OC)CP(=O)(OCc1ccccc1)OCc1ccccc1. The maximum Gasteiger partial charge on any atom is 0.336 e. The minimum Gasteiger partial charge on any atom is -0.469 e. The van der Waals surface area contributed by atoms with Crippen LogP contribution in [0.4, 0.5) is 0 Å². The number of rotatable bonds is 15. The van der Waals surface area contributed by atoms with Gasteiger partial charge in [-0.3, -0.25) is 13.5 Å². The summed E-state index contributed by atoms with van der Waals surface area (Å²) in [7, 11) is -6.30. The molecule has 0 N–H and O–H groups in total. The lowest BCUT2D eigenvalue weighted by molar-refractivity contribution is -0.152. The molecule has 0 fully saturated rings. The van der Waals surface area contributed by atoms with Gasteiger partial charge in [-0.15, -0.1) is 0 Å². The van der Waals surface area contributed by atoms with E-state index in [-0.39, 0.29) is 18.1 Å². The molecule has 0 radical (unpaired) electrons. The molecule has 41 heavy (non-hydrogen) atoms. The van der Waals surface area contributed by atoms with Crippen LogP contribution in [0.15, 0.2) is 89.8 Å². The summed E-state index contributed by atoms with van der Waals surface area (Å²) in [6.07, 6.45) is -2.79. The van der Waals surface area contributed by atoms with Gasteiger partial charge in [-0.05, 0) is 36.6 Å². The zero-order valence-corrected chi connectivity index (χ0v) is 24.7. The number of methoxy groups -OCH3 is 2. The van der Waals surface area contributed by atoms with Crippen molar-refractivity contribution in [1.82, 2.24) is 0 Å². The fraction of sp³-hybridized carbons (Fsp3) is 0.310. The van der Waals surface area contributed by atoms with Crippen LogP contribution < -0.4 is 0 Å². The maximum absolute atomic E-state index is 14.0. The summed E-state index contributed by atoms with van der Waals surface area (Å²) in [5.41, 5.74) is 2.25. The van der Waals surface area contributed by atoms with E-state index in [2.05, 4.69) is 0 Å². The third kappa shape index (κ3) is 9.91. The van der Waals surface area contributed by atoms with Crippen molar-refractivity contribution < 1.29 is 45.3 Å². The third-order valence-electron chi connectivity index (χ3n) is 6.04. The van der Waals surface area contributed by atoms with Gasteiger partial charge in [0.15, 0.2) is 6.10 Å². The molecule has 12 heteroatoms. The van der Waals surface area contributed by atoms with Crippen LogP contribution in [0, 0.1) is 12.8 Å². The second-order valence-corrected chi connectivity index (χ2v) is 12.8. The third-order valence-corrected chi connectivity index (χ3v) is 9.30. The van der Waals surface area contributed by atoms with Crippen molar-refractivity contribution in [3.63, 3.8) is 0 Å². The Labute approximate surface area is 240 Å². The number of esters is 2. The summed E-state index contributed by atoms with van der Waals surface area (Å²) >= 11 is 0. The molecule has 10 nitrogen and oxygen atoms in total. The van der Waals surface area contributed by atoms with Gasteiger partial charge in [0.2, 0.25) is 0 Å². The zero-order valence-electron chi connectivity index (χ0n) is 23.0. The standard InChI is InChI=1S/C29H33O10PS/c1-22-14-16-26(17-15-22)41(33,34)39-27(29(31)36-3)18-25(28(30)35-2)21-40(32,37-19-23-10-6-4-7-11-23)38-20-24-12-8-5-9-13-24/h4-17,25,27H,18-21H2,1-3H3/t25?,27-/m0/s1. The van der Waals surface area contributed by atoms with Crippen LogP contribution in [0.25, 0.3) is 0 Å². The minimum absolute atomic E-state index is 0.0838. The highest BCUT2D eigenvalue weighted by Crippen LogP contribution is 2.52. The van der Waals surface area contributed by atoms with E-state index in [1.54, 1.807) is 67.6 Å². The summed E-state index contributed by atoms with van der Waals surface area (Å²) in [5, 5.41) is 0. The summed E-state index contributed by atoms with van der Waals surface area (Å²) < 4.78 is 66.3. The average Bonchev–Trinajstić information content (AvgIpc) is 2.98. The first-order valence-corrected chi connectivity index (χ1v) is 15.8. The van der Waals surface area contributed by atoms with E-state index in [1.807, 2.05) is 12.1 Å². The van der Waals surface area contributed by atoms with Crippen LogP contribution in [-0.2, 0) is 60.2 Å². The number of ether oxygens (including phenoxy) is 2. The summed E-state index contributed by atoms with van der Waals surface area (Å²) in [6.45, 7) is 1.62. The highest BCUT2D eigenvalue weighted by Gasteiger charge is 2.39. The lowest BCUT2D eigenvalue weighted by Gasteiger charge is -2.25. The van der Waals surface area contributed by atoms with Crippen molar-refractivity contribution in [3.05, 3.63) is 102 Å². The predicted octanol–water partition coefficient (Wildman–Crippen LogP) is 5.05. The van der Waals surface area contributed by atoms with Gasteiger partial charge < -0.3 is 18.5 Å². The lowest BCUT2D eigenvalue weighted by atomic mass is 10.0. The normalized spacial score (nSPS) is 13.2. The summed E-state index contributed by atoms with van der Waals surface area (Å²) in [5.74, 6) is -3.21. The zero-order chi connectivity index (χ0) is 29.9. The molecular weight excluding hydrogens is 571 g/mol. The van der Waals surface area contributed by atoms with Crippen LogP contribution >= 0.6 is 7.60 Å². The Morgan fingerprint density at radius 3 is 1.71 bits per heavy atom. The van der Waals surface area contributed by atoms with Gasteiger partial charge in [0.25, 0.3) is 10.1 Å². The van der Waals surface area contributed by atoms with Crippen LogP contribution in [-0.4, -0.2) is 46.8 Å². The van der Waals surface area contributed by atoms with Crippen molar-refractivity contribution in [3.8, 4) is 0 Å². The van der Waals surface area contributed by atoms with Gasteiger partial charge in [-0.2, -0.15) is 8.42 Å². The molecule has 220 valence electrons. The Hall–Kier alpha value is -3.34. The maximum atomic E-state index is 14.0. The first-order valence-electron chi connectivity index (χ1n) is 12.7. The lowest BCUT2D eigenvalue weighted by Crippen LogP contribution is -2.34. The molecule has 2 atom stereocenters. The number of aryl methyl sites for hydroxylation is 1. The largest absolute Gasteiger partial charge is 0.469 e. The first-order chi connectivity index (χ1) is 19.5. The molecule has 0 saturated carbocycles. The van der Waals surface area contributed by atoms with E-state index in [0.717, 1.165) is 19.8 Å². The van der Waals surface area contributed by atoms with Crippen LogP contribution in [0.5, 0.6) is 0 Å². The Kier molecular flexibility index (Phi) is 11.8. The summed E-state index contributed by atoms with van der Waals surface area (Å²) in [4.78, 5) is 25.3. The Bertz CT molecular complexity index is 1380. The fourth-order valence-corrected chi connectivity index (χ4v) is 6.66. The molecule has 3 rings (SSSR count).